The molecule has 1 fully saturated rings. The zero-order chi connectivity index (χ0) is 10.9. The maximum Gasteiger partial charge on any atom is 0.225 e. The fraction of sp³-hybridized carbons (Fsp3) is 0.600. The van der Waals surface area contributed by atoms with E-state index >= 15 is 0 Å². The summed E-state index contributed by atoms with van der Waals surface area (Å²) in [6.07, 6.45) is 4.67. The van der Waals surface area contributed by atoms with E-state index in [-0.39, 0.29) is 5.41 Å². The SMILES string of the molecule is CC1(CN)CCN(c2ncc(Br)cn2)C1. The van der Waals surface area contributed by atoms with Crippen molar-refractivity contribution in [2.75, 3.05) is 24.5 Å². The number of anilines is 1. The Morgan fingerprint density at radius 1 is 1.53 bits per heavy atom. The van der Waals surface area contributed by atoms with E-state index < -0.39 is 0 Å². The van der Waals surface area contributed by atoms with Crippen molar-refractivity contribution in [1.29, 1.82) is 0 Å². The van der Waals surface area contributed by atoms with Crippen molar-refractivity contribution in [3.63, 3.8) is 0 Å². The third-order valence-corrected chi connectivity index (χ3v) is 3.35. The van der Waals surface area contributed by atoms with Crippen LogP contribution in [0.3, 0.4) is 0 Å². The fourth-order valence-electron chi connectivity index (χ4n) is 1.83. The number of rotatable bonds is 2. The van der Waals surface area contributed by atoms with Crippen molar-refractivity contribution in [2.45, 2.75) is 13.3 Å². The molecule has 0 bridgehead atoms. The van der Waals surface area contributed by atoms with Gasteiger partial charge in [-0.25, -0.2) is 9.97 Å². The lowest BCUT2D eigenvalue weighted by Gasteiger charge is -2.22. The second-order valence-electron chi connectivity index (χ2n) is 4.39. The van der Waals surface area contributed by atoms with Gasteiger partial charge >= 0.3 is 0 Å². The van der Waals surface area contributed by atoms with Crippen LogP contribution in [0.1, 0.15) is 13.3 Å². The number of nitrogens with zero attached hydrogens (tertiary/aromatic N) is 3. The maximum absolute atomic E-state index is 5.76. The van der Waals surface area contributed by atoms with Crippen LogP contribution in [0.25, 0.3) is 0 Å². The number of hydrogen-bond acceptors (Lipinski definition) is 4. The van der Waals surface area contributed by atoms with Gasteiger partial charge < -0.3 is 10.6 Å². The van der Waals surface area contributed by atoms with Crippen molar-refractivity contribution in [3.8, 4) is 0 Å². The van der Waals surface area contributed by atoms with E-state index in [0.717, 1.165) is 36.5 Å². The van der Waals surface area contributed by atoms with Gasteiger partial charge in [0.1, 0.15) is 0 Å². The van der Waals surface area contributed by atoms with Crippen molar-refractivity contribution in [1.82, 2.24) is 9.97 Å². The molecule has 1 aliphatic heterocycles. The molecule has 2 rings (SSSR count). The van der Waals surface area contributed by atoms with E-state index in [4.69, 9.17) is 5.73 Å². The molecule has 1 unspecified atom stereocenters. The Morgan fingerprint density at radius 2 is 2.20 bits per heavy atom. The number of halogens is 1. The van der Waals surface area contributed by atoms with Gasteiger partial charge in [0.15, 0.2) is 0 Å². The molecule has 1 aromatic rings. The zero-order valence-electron chi connectivity index (χ0n) is 8.78. The Kier molecular flexibility index (Phi) is 2.93. The predicted molar refractivity (Wildman–Crippen MR) is 63.7 cm³/mol. The Hall–Kier alpha value is -0.680. The lowest BCUT2D eigenvalue weighted by molar-refractivity contribution is 0.383. The minimum Gasteiger partial charge on any atom is -0.340 e. The molecule has 0 aromatic carbocycles. The Morgan fingerprint density at radius 3 is 2.73 bits per heavy atom. The first-order valence-electron chi connectivity index (χ1n) is 5.05. The lowest BCUT2D eigenvalue weighted by atomic mass is 9.90. The molecule has 0 aliphatic carbocycles. The first-order chi connectivity index (χ1) is 7.13. The highest BCUT2D eigenvalue weighted by Crippen LogP contribution is 2.30. The fourth-order valence-corrected chi connectivity index (χ4v) is 2.03. The summed E-state index contributed by atoms with van der Waals surface area (Å²) in [4.78, 5) is 10.8. The van der Waals surface area contributed by atoms with Crippen LogP contribution in [0.15, 0.2) is 16.9 Å². The van der Waals surface area contributed by atoms with Gasteiger partial charge in [-0.05, 0) is 34.3 Å². The summed E-state index contributed by atoms with van der Waals surface area (Å²) in [5, 5.41) is 0. The van der Waals surface area contributed by atoms with Gasteiger partial charge in [-0.15, -0.1) is 0 Å². The van der Waals surface area contributed by atoms with E-state index in [1.165, 1.54) is 0 Å². The molecule has 0 radical (unpaired) electrons. The molecule has 2 N–H and O–H groups in total. The summed E-state index contributed by atoms with van der Waals surface area (Å²) in [5.74, 6) is 0.801. The second-order valence-corrected chi connectivity index (χ2v) is 5.30. The van der Waals surface area contributed by atoms with Gasteiger partial charge in [0.2, 0.25) is 5.95 Å². The highest BCUT2D eigenvalue weighted by Gasteiger charge is 2.33. The van der Waals surface area contributed by atoms with E-state index in [1.807, 2.05) is 0 Å². The van der Waals surface area contributed by atoms with E-state index in [2.05, 4.69) is 37.7 Å². The van der Waals surface area contributed by atoms with Gasteiger partial charge in [-0.2, -0.15) is 0 Å². The highest BCUT2D eigenvalue weighted by molar-refractivity contribution is 9.10. The summed E-state index contributed by atoms with van der Waals surface area (Å²) in [6.45, 7) is 4.88. The molecular formula is C10H15BrN4. The minimum atomic E-state index is 0.219. The zero-order valence-corrected chi connectivity index (χ0v) is 10.4. The molecule has 1 atom stereocenters. The standard InChI is InChI=1S/C10H15BrN4/c1-10(6-12)2-3-15(7-10)9-13-4-8(11)5-14-9/h4-5H,2-3,6-7,12H2,1H3. The van der Waals surface area contributed by atoms with Crippen molar-refractivity contribution < 1.29 is 0 Å². The summed E-state index contributed by atoms with van der Waals surface area (Å²) < 4.78 is 0.909. The third kappa shape index (κ3) is 2.29. The first kappa shape index (κ1) is 10.8. The van der Waals surface area contributed by atoms with Crippen LogP contribution in [0, 0.1) is 5.41 Å². The van der Waals surface area contributed by atoms with Crippen molar-refractivity contribution in [2.24, 2.45) is 11.1 Å². The average Bonchev–Trinajstić information content (AvgIpc) is 2.63. The topological polar surface area (TPSA) is 55.0 Å². The molecule has 15 heavy (non-hydrogen) atoms. The van der Waals surface area contributed by atoms with E-state index in [9.17, 15) is 0 Å². The summed E-state index contributed by atoms with van der Waals surface area (Å²) >= 11 is 3.33. The molecule has 82 valence electrons. The van der Waals surface area contributed by atoms with Crippen LogP contribution in [0.4, 0.5) is 5.95 Å². The quantitative estimate of drug-likeness (QED) is 0.883. The van der Waals surface area contributed by atoms with Crippen LogP contribution in [-0.4, -0.2) is 29.6 Å². The lowest BCUT2D eigenvalue weighted by Crippen LogP contribution is -2.31. The summed E-state index contributed by atoms with van der Waals surface area (Å²) in [5.41, 5.74) is 5.98. The van der Waals surface area contributed by atoms with Crippen LogP contribution >= 0.6 is 15.9 Å². The Labute approximate surface area is 98.0 Å². The first-order valence-corrected chi connectivity index (χ1v) is 5.85. The van der Waals surface area contributed by atoms with Crippen molar-refractivity contribution in [3.05, 3.63) is 16.9 Å². The van der Waals surface area contributed by atoms with Crippen LogP contribution in [-0.2, 0) is 0 Å². The second kappa shape index (κ2) is 4.06. The van der Waals surface area contributed by atoms with Crippen LogP contribution in [0.5, 0.6) is 0 Å². The highest BCUT2D eigenvalue weighted by atomic mass is 79.9. The van der Waals surface area contributed by atoms with E-state index in [1.54, 1.807) is 12.4 Å². The summed E-state index contributed by atoms with van der Waals surface area (Å²) in [7, 11) is 0. The molecule has 0 saturated carbocycles. The van der Waals surface area contributed by atoms with Gasteiger partial charge in [0, 0.05) is 25.5 Å². The van der Waals surface area contributed by atoms with Gasteiger partial charge in [-0.1, -0.05) is 6.92 Å². The molecule has 1 aliphatic rings. The summed E-state index contributed by atoms with van der Waals surface area (Å²) in [6, 6.07) is 0. The molecule has 2 heterocycles. The number of nitrogens with two attached hydrogens (primary N) is 1. The third-order valence-electron chi connectivity index (χ3n) is 2.94. The van der Waals surface area contributed by atoms with Gasteiger partial charge in [0.25, 0.3) is 0 Å². The Bertz CT molecular complexity index is 340. The Balaban J connectivity index is 2.11. The molecule has 0 spiro atoms. The molecule has 0 amide bonds. The molecule has 5 heteroatoms. The van der Waals surface area contributed by atoms with Crippen molar-refractivity contribution >= 4 is 21.9 Å². The molecular weight excluding hydrogens is 256 g/mol. The minimum absolute atomic E-state index is 0.219. The average molecular weight is 271 g/mol. The maximum atomic E-state index is 5.76. The van der Waals surface area contributed by atoms with E-state index in [0.29, 0.717) is 0 Å². The number of aromatic nitrogens is 2. The molecule has 4 nitrogen and oxygen atoms in total. The largest absolute Gasteiger partial charge is 0.340 e. The molecule has 1 aromatic heterocycles. The van der Waals surface area contributed by atoms with Crippen LogP contribution < -0.4 is 10.6 Å². The normalized spacial score (nSPS) is 25.9. The van der Waals surface area contributed by atoms with Crippen LogP contribution in [0.2, 0.25) is 0 Å². The van der Waals surface area contributed by atoms with Gasteiger partial charge in [-0.3, -0.25) is 0 Å². The number of hydrogen-bond donors (Lipinski definition) is 1. The monoisotopic (exact) mass is 270 g/mol. The van der Waals surface area contributed by atoms with Gasteiger partial charge in [0.05, 0.1) is 4.47 Å². The smallest absolute Gasteiger partial charge is 0.225 e. The molecule has 1 saturated heterocycles. The predicted octanol–water partition coefficient (Wildman–Crippen LogP) is 1.41.